The van der Waals surface area contributed by atoms with E-state index in [0.29, 0.717) is 35.8 Å². The Labute approximate surface area is 172 Å². The van der Waals surface area contributed by atoms with E-state index in [0.717, 1.165) is 6.42 Å². The Morgan fingerprint density at radius 3 is 2.71 bits per heavy atom. The van der Waals surface area contributed by atoms with Crippen LogP contribution in [0, 0.1) is 0 Å². The highest BCUT2D eigenvalue weighted by atomic mass is 35.5. The lowest BCUT2D eigenvalue weighted by Gasteiger charge is -2.23. The van der Waals surface area contributed by atoms with Gasteiger partial charge in [-0.3, -0.25) is 0 Å². The first kappa shape index (κ1) is 20.5. The molecule has 10 heteroatoms. The maximum Gasteiger partial charge on any atom is 0.596 e. The molecule has 0 fully saturated rings. The minimum atomic E-state index is -0.546. The second-order valence-electron chi connectivity index (χ2n) is 7.24. The summed E-state index contributed by atoms with van der Waals surface area (Å²) in [7, 11) is 0. The number of rotatable bonds is 5. The van der Waals surface area contributed by atoms with Crippen LogP contribution in [0.25, 0.3) is 10.9 Å². The van der Waals surface area contributed by atoms with Gasteiger partial charge in [0.25, 0.3) is 0 Å². The molecule has 0 radical (unpaired) electrons. The van der Waals surface area contributed by atoms with Crippen molar-refractivity contribution in [1.29, 1.82) is 0 Å². The van der Waals surface area contributed by atoms with Gasteiger partial charge in [0.1, 0.15) is 33.7 Å². The van der Waals surface area contributed by atoms with Gasteiger partial charge in [-0.1, -0.05) is 23.2 Å². The molecule has 0 aromatic carbocycles. The fraction of sp³-hybridized carbons (Fsp3) is 0.500. The maximum absolute atomic E-state index is 12.3. The van der Waals surface area contributed by atoms with Crippen molar-refractivity contribution in [2.75, 3.05) is 18.5 Å². The predicted octanol–water partition coefficient (Wildman–Crippen LogP) is 3.93. The Kier molecular flexibility index (Phi) is 5.90. The summed E-state index contributed by atoms with van der Waals surface area (Å²) >= 11 is 12.3. The SMILES string of the molecule is CCOc1nc(Cl)c(Cl)c2ncnc(NCC3CC=[N+]3C(=O)OC(C)(C)C)c12. The molecule has 0 aliphatic carbocycles. The number of nitrogens with one attached hydrogen (secondary N) is 1. The van der Waals surface area contributed by atoms with Gasteiger partial charge in [-0.05, 0) is 27.7 Å². The summed E-state index contributed by atoms with van der Waals surface area (Å²) in [5, 5.41) is 4.14. The molecular weight excluding hydrogens is 405 g/mol. The number of amides is 1. The standard InChI is InChI=1S/C18H22Cl2N5O3/c1-5-27-16-11-13(12(19)14(20)24-16)22-9-23-15(11)21-8-10-6-7-25(10)17(26)28-18(2,3)4/h7,9-10H,5-6,8H2,1-4H3,(H,21,22,23)/q+1. The van der Waals surface area contributed by atoms with Crippen molar-refractivity contribution in [3.63, 3.8) is 0 Å². The summed E-state index contributed by atoms with van der Waals surface area (Å²) in [5.74, 6) is 0.815. The third-order valence-corrected chi connectivity index (χ3v) is 4.74. The van der Waals surface area contributed by atoms with E-state index in [2.05, 4.69) is 20.3 Å². The van der Waals surface area contributed by atoms with Crippen molar-refractivity contribution in [1.82, 2.24) is 15.0 Å². The number of carbonyl (C=O) groups is 1. The van der Waals surface area contributed by atoms with Crippen molar-refractivity contribution in [2.45, 2.75) is 45.8 Å². The number of anilines is 1. The Balaban J connectivity index is 1.81. The number of hydrogen-bond acceptors (Lipinski definition) is 7. The second kappa shape index (κ2) is 8.05. The summed E-state index contributed by atoms with van der Waals surface area (Å²) in [6.45, 7) is 8.22. The number of nitrogens with zero attached hydrogens (tertiary/aromatic N) is 4. The minimum Gasteiger partial charge on any atom is -0.477 e. The summed E-state index contributed by atoms with van der Waals surface area (Å²) in [4.78, 5) is 25.0. The van der Waals surface area contributed by atoms with Crippen molar-refractivity contribution >= 4 is 52.2 Å². The van der Waals surface area contributed by atoms with E-state index in [1.54, 1.807) is 4.58 Å². The summed E-state index contributed by atoms with van der Waals surface area (Å²) < 4.78 is 12.6. The molecule has 0 saturated heterocycles. The quantitative estimate of drug-likeness (QED) is 0.571. The van der Waals surface area contributed by atoms with Crippen LogP contribution in [0.15, 0.2) is 6.33 Å². The third kappa shape index (κ3) is 4.28. The molecule has 1 aliphatic heterocycles. The monoisotopic (exact) mass is 426 g/mol. The van der Waals surface area contributed by atoms with Gasteiger partial charge >= 0.3 is 6.09 Å². The molecule has 3 rings (SSSR count). The van der Waals surface area contributed by atoms with Gasteiger partial charge < -0.3 is 14.8 Å². The van der Waals surface area contributed by atoms with Gasteiger partial charge in [0.05, 0.1) is 19.6 Å². The van der Waals surface area contributed by atoms with Gasteiger partial charge in [0.2, 0.25) is 5.88 Å². The van der Waals surface area contributed by atoms with E-state index in [1.165, 1.54) is 6.33 Å². The van der Waals surface area contributed by atoms with Crippen LogP contribution in [0.3, 0.4) is 0 Å². The second-order valence-corrected chi connectivity index (χ2v) is 7.98. The molecule has 1 N–H and O–H groups in total. The number of pyridine rings is 1. The lowest BCUT2D eigenvalue weighted by molar-refractivity contribution is -0.508. The maximum atomic E-state index is 12.3. The Hall–Kier alpha value is -2.19. The average Bonchev–Trinajstić information content (AvgIpc) is 2.57. The van der Waals surface area contributed by atoms with E-state index >= 15 is 0 Å². The number of fused-ring (bicyclic) bond motifs is 1. The van der Waals surface area contributed by atoms with Gasteiger partial charge in [-0.15, -0.1) is 4.58 Å². The van der Waals surface area contributed by atoms with Crippen LogP contribution < -0.4 is 10.1 Å². The van der Waals surface area contributed by atoms with E-state index in [1.807, 2.05) is 33.9 Å². The highest BCUT2D eigenvalue weighted by molar-refractivity contribution is 6.44. The Morgan fingerprint density at radius 1 is 1.36 bits per heavy atom. The van der Waals surface area contributed by atoms with Crippen LogP contribution in [0.2, 0.25) is 10.2 Å². The molecule has 2 aromatic heterocycles. The topological polar surface area (TPSA) is 89.2 Å². The predicted molar refractivity (Wildman–Crippen MR) is 108 cm³/mol. The molecule has 150 valence electrons. The molecule has 0 bridgehead atoms. The van der Waals surface area contributed by atoms with Crippen molar-refractivity contribution < 1.29 is 18.8 Å². The minimum absolute atomic E-state index is 0.0499. The zero-order valence-electron chi connectivity index (χ0n) is 16.1. The van der Waals surface area contributed by atoms with E-state index in [9.17, 15) is 4.79 Å². The van der Waals surface area contributed by atoms with Crippen LogP contribution in [0.4, 0.5) is 10.6 Å². The molecule has 1 atom stereocenters. The number of ether oxygens (including phenoxy) is 2. The summed E-state index contributed by atoms with van der Waals surface area (Å²) in [5.41, 5.74) is -0.0955. The van der Waals surface area contributed by atoms with Crippen molar-refractivity contribution in [3.05, 3.63) is 16.5 Å². The third-order valence-electron chi connectivity index (χ3n) is 4.01. The first-order chi connectivity index (χ1) is 13.2. The molecular formula is C18H22Cl2N5O3+. The fourth-order valence-electron chi connectivity index (χ4n) is 2.72. The highest BCUT2D eigenvalue weighted by Crippen LogP contribution is 2.36. The summed E-state index contributed by atoms with van der Waals surface area (Å²) in [6, 6.07) is -0.0499. The number of aromatic nitrogens is 3. The van der Waals surface area contributed by atoms with E-state index in [4.69, 9.17) is 32.7 Å². The van der Waals surface area contributed by atoms with Crippen molar-refractivity contribution in [3.8, 4) is 5.88 Å². The van der Waals surface area contributed by atoms with Gasteiger partial charge in [-0.25, -0.2) is 9.97 Å². The largest absolute Gasteiger partial charge is 0.596 e. The first-order valence-corrected chi connectivity index (χ1v) is 9.68. The molecule has 8 nitrogen and oxygen atoms in total. The zero-order valence-corrected chi connectivity index (χ0v) is 17.6. The molecule has 1 amide bonds. The van der Waals surface area contributed by atoms with E-state index in [-0.39, 0.29) is 22.3 Å². The smallest absolute Gasteiger partial charge is 0.477 e. The van der Waals surface area contributed by atoms with Crippen LogP contribution in [0.1, 0.15) is 34.1 Å². The number of hydrogen-bond donors (Lipinski definition) is 1. The normalized spacial score (nSPS) is 16.4. The van der Waals surface area contributed by atoms with Gasteiger partial charge in [0, 0.05) is 0 Å². The Morgan fingerprint density at radius 2 is 2.11 bits per heavy atom. The number of halogens is 2. The molecule has 28 heavy (non-hydrogen) atoms. The summed E-state index contributed by atoms with van der Waals surface area (Å²) in [6.07, 6.45) is 3.58. The van der Waals surface area contributed by atoms with Crippen molar-refractivity contribution in [2.24, 2.45) is 0 Å². The average molecular weight is 427 g/mol. The fourth-order valence-corrected chi connectivity index (χ4v) is 3.07. The molecule has 2 aromatic rings. The molecule has 3 heterocycles. The lowest BCUT2D eigenvalue weighted by Crippen LogP contribution is -2.47. The molecule has 0 saturated carbocycles. The van der Waals surface area contributed by atoms with Crippen LogP contribution in [0.5, 0.6) is 5.88 Å². The van der Waals surface area contributed by atoms with Crippen LogP contribution in [-0.2, 0) is 4.74 Å². The zero-order chi connectivity index (χ0) is 20.5. The van der Waals surface area contributed by atoms with E-state index < -0.39 is 5.60 Å². The van der Waals surface area contributed by atoms with Crippen LogP contribution >= 0.6 is 23.2 Å². The lowest BCUT2D eigenvalue weighted by atomic mass is 10.1. The molecule has 1 aliphatic rings. The Bertz CT molecular complexity index is 943. The van der Waals surface area contributed by atoms with Gasteiger partial charge in [0.15, 0.2) is 17.4 Å². The van der Waals surface area contributed by atoms with Crippen LogP contribution in [-0.4, -0.2) is 56.6 Å². The van der Waals surface area contributed by atoms with Gasteiger partial charge in [-0.2, -0.15) is 9.78 Å². The first-order valence-electron chi connectivity index (χ1n) is 8.92. The molecule has 1 unspecified atom stereocenters. The molecule has 0 spiro atoms. The highest BCUT2D eigenvalue weighted by Gasteiger charge is 2.39. The number of carbonyl (C=O) groups excluding carboxylic acids is 1.